The average Bonchev–Trinajstić information content (AvgIpc) is 2.53. The highest BCUT2D eigenvalue weighted by Crippen LogP contribution is 2.14. The minimum Gasteiger partial charge on any atom is -0.213 e. The van der Waals surface area contributed by atoms with E-state index in [1.54, 1.807) is 18.4 Å². The lowest BCUT2D eigenvalue weighted by atomic mass is 10.2. The molecule has 0 aliphatic rings. The van der Waals surface area contributed by atoms with Crippen LogP contribution in [0.5, 0.6) is 0 Å². The third-order valence-corrected chi connectivity index (χ3v) is 4.53. The highest BCUT2D eigenvalue weighted by atomic mass is 32.2. The first kappa shape index (κ1) is 11.7. The number of sulfonamides is 1. The van der Waals surface area contributed by atoms with E-state index in [9.17, 15) is 8.42 Å². The van der Waals surface area contributed by atoms with Crippen molar-refractivity contribution in [2.45, 2.75) is 19.4 Å². The highest BCUT2D eigenvalue weighted by molar-refractivity contribution is 7.88. The molecule has 80 valence electrons. The molecule has 0 saturated heterocycles. The largest absolute Gasteiger partial charge is 0.213 e. The molecule has 0 spiro atoms. The first-order chi connectivity index (χ1) is 6.41. The van der Waals surface area contributed by atoms with Crippen LogP contribution in [0, 0.1) is 0 Å². The minimum atomic E-state index is -3.07. The zero-order valence-corrected chi connectivity index (χ0v) is 10.2. The summed E-state index contributed by atoms with van der Waals surface area (Å²) in [5.41, 5.74) is 0. The van der Waals surface area contributed by atoms with Crippen LogP contribution in [0.2, 0.25) is 0 Å². The second kappa shape index (κ2) is 4.42. The van der Waals surface area contributed by atoms with E-state index in [1.807, 2.05) is 24.4 Å². The van der Waals surface area contributed by atoms with E-state index in [0.29, 0.717) is 0 Å². The molecule has 1 heterocycles. The molecule has 0 aromatic carbocycles. The third kappa shape index (κ3) is 3.08. The van der Waals surface area contributed by atoms with Crippen LogP contribution in [0.1, 0.15) is 11.8 Å². The van der Waals surface area contributed by atoms with Crippen LogP contribution in [-0.2, 0) is 16.4 Å². The van der Waals surface area contributed by atoms with Crippen LogP contribution in [-0.4, -0.2) is 32.1 Å². The number of hydrogen-bond acceptors (Lipinski definition) is 3. The van der Waals surface area contributed by atoms with Gasteiger partial charge in [0.1, 0.15) is 0 Å². The van der Waals surface area contributed by atoms with E-state index >= 15 is 0 Å². The predicted molar refractivity (Wildman–Crippen MR) is 60.1 cm³/mol. The lowest BCUT2D eigenvalue weighted by molar-refractivity contribution is 0.391. The van der Waals surface area contributed by atoms with Gasteiger partial charge in [-0.2, -0.15) is 0 Å². The summed E-state index contributed by atoms with van der Waals surface area (Å²) in [6.07, 6.45) is 2.01. The van der Waals surface area contributed by atoms with Gasteiger partial charge in [-0.1, -0.05) is 6.07 Å². The molecule has 0 aliphatic carbocycles. The monoisotopic (exact) mass is 233 g/mol. The van der Waals surface area contributed by atoms with Gasteiger partial charge >= 0.3 is 0 Å². The second-order valence-corrected chi connectivity index (χ2v) is 6.49. The van der Waals surface area contributed by atoms with Crippen molar-refractivity contribution in [2.75, 3.05) is 13.3 Å². The minimum absolute atomic E-state index is 0.0173. The fraction of sp³-hybridized carbons (Fsp3) is 0.556. The predicted octanol–water partition coefficient (Wildman–Crippen LogP) is 1.57. The summed E-state index contributed by atoms with van der Waals surface area (Å²) in [4.78, 5) is 1.22. The Kier molecular flexibility index (Phi) is 3.69. The first-order valence-corrected chi connectivity index (χ1v) is 7.09. The number of likely N-dealkylation sites (N-methyl/N-ethyl adjacent to an activating group) is 1. The van der Waals surface area contributed by atoms with E-state index < -0.39 is 10.0 Å². The average molecular weight is 233 g/mol. The second-order valence-electron chi connectivity index (χ2n) is 3.41. The summed E-state index contributed by atoms with van der Waals surface area (Å²) in [7, 11) is -1.45. The maximum Gasteiger partial charge on any atom is 0.211 e. The summed E-state index contributed by atoms with van der Waals surface area (Å²) in [5, 5.41) is 2.00. The summed E-state index contributed by atoms with van der Waals surface area (Å²) in [6.45, 7) is 1.92. The standard InChI is InChI=1S/C9H15NO2S2/c1-8(10(2)14(3,11)12)7-9-5-4-6-13-9/h4-6,8H,7H2,1-3H3. The van der Waals surface area contributed by atoms with Crippen LogP contribution in [0.15, 0.2) is 17.5 Å². The molecule has 0 fully saturated rings. The number of nitrogens with zero attached hydrogens (tertiary/aromatic N) is 1. The molecular weight excluding hydrogens is 218 g/mol. The van der Waals surface area contributed by atoms with Crippen LogP contribution >= 0.6 is 11.3 Å². The summed E-state index contributed by atoms with van der Waals surface area (Å²) in [6, 6.07) is 4.02. The molecule has 1 unspecified atom stereocenters. The summed E-state index contributed by atoms with van der Waals surface area (Å²) >= 11 is 1.66. The van der Waals surface area contributed by atoms with Crippen molar-refractivity contribution in [3.63, 3.8) is 0 Å². The van der Waals surface area contributed by atoms with Gasteiger partial charge in [-0.05, 0) is 24.8 Å². The van der Waals surface area contributed by atoms with Gasteiger partial charge in [-0.3, -0.25) is 0 Å². The fourth-order valence-corrected chi connectivity index (χ4v) is 2.73. The van der Waals surface area contributed by atoms with Crippen molar-refractivity contribution in [3.8, 4) is 0 Å². The van der Waals surface area contributed by atoms with Crippen LogP contribution in [0.4, 0.5) is 0 Å². The zero-order valence-electron chi connectivity index (χ0n) is 8.60. The zero-order chi connectivity index (χ0) is 10.8. The van der Waals surface area contributed by atoms with Crippen molar-refractivity contribution in [3.05, 3.63) is 22.4 Å². The van der Waals surface area contributed by atoms with E-state index in [0.717, 1.165) is 6.42 Å². The van der Waals surface area contributed by atoms with Gasteiger partial charge in [-0.25, -0.2) is 12.7 Å². The van der Waals surface area contributed by atoms with Gasteiger partial charge in [0.2, 0.25) is 10.0 Å². The van der Waals surface area contributed by atoms with E-state index in [4.69, 9.17) is 0 Å². The lowest BCUT2D eigenvalue weighted by Crippen LogP contribution is -2.35. The van der Waals surface area contributed by atoms with Crippen molar-refractivity contribution in [2.24, 2.45) is 0 Å². The Hall–Kier alpha value is -0.390. The Bertz CT molecular complexity index is 370. The maximum absolute atomic E-state index is 11.2. The molecule has 0 N–H and O–H groups in total. The van der Waals surface area contributed by atoms with Crippen LogP contribution in [0.3, 0.4) is 0 Å². The topological polar surface area (TPSA) is 37.4 Å². The molecule has 0 radical (unpaired) electrons. The third-order valence-electron chi connectivity index (χ3n) is 2.22. The number of thiophene rings is 1. The summed E-state index contributed by atoms with van der Waals surface area (Å²) in [5.74, 6) is 0. The Morgan fingerprint density at radius 3 is 2.64 bits per heavy atom. The number of rotatable bonds is 4. The van der Waals surface area contributed by atoms with Crippen LogP contribution < -0.4 is 0 Å². The maximum atomic E-state index is 11.2. The first-order valence-electron chi connectivity index (χ1n) is 4.36. The fourth-order valence-electron chi connectivity index (χ4n) is 1.18. The van der Waals surface area contributed by atoms with Crippen molar-refractivity contribution < 1.29 is 8.42 Å². The molecule has 0 saturated carbocycles. The molecule has 0 amide bonds. The highest BCUT2D eigenvalue weighted by Gasteiger charge is 2.18. The summed E-state index contributed by atoms with van der Waals surface area (Å²) < 4.78 is 23.9. The Balaban J connectivity index is 2.63. The smallest absolute Gasteiger partial charge is 0.211 e. The van der Waals surface area contributed by atoms with Gasteiger partial charge in [0.15, 0.2) is 0 Å². The molecule has 1 atom stereocenters. The quantitative estimate of drug-likeness (QED) is 0.791. The molecule has 1 aromatic rings. The Morgan fingerprint density at radius 2 is 2.21 bits per heavy atom. The van der Waals surface area contributed by atoms with E-state index in [-0.39, 0.29) is 6.04 Å². The van der Waals surface area contributed by atoms with E-state index in [1.165, 1.54) is 15.4 Å². The molecule has 5 heteroatoms. The number of hydrogen-bond donors (Lipinski definition) is 0. The molecule has 1 aromatic heterocycles. The van der Waals surface area contributed by atoms with Crippen molar-refractivity contribution in [1.82, 2.24) is 4.31 Å². The Labute approximate surface area is 89.4 Å². The van der Waals surface area contributed by atoms with Crippen molar-refractivity contribution >= 4 is 21.4 Å². The molecule has 14 heavy (non-hydrogen) atoms. The molecule has 3 nitrogen and oxygen atoms in total. The van der Waals surface area contributed by atoms with Gasteiger partial charge in [0, 0.05) is 18.0 Å². The van der Waals surface area contributed by atoms with Gasteiger partial charge in [0.05, 0.1) is 6.26 Å². The van der Waals surface area contributed by atoms with Gasteiger partial charge in [0.25, 0.3) is 0 Å². The lowest BCUT2D eigenvalue weighted by Gasteiger charge is -2.21. The van der Waals surface area contributed by atoms with Crippen LogP contribution in [0.25, 0.3) is 0 Å². The van der Waals surface area contributed by atoms with E-state index in [2.05, 4.69) is 0 Å². The normalized spacial score (nSPS) is 14.6. The van der Waals surface area contributed by atoms with Gasteiger partial charge in [-0.15, -0.1) is 11.3 Å². The van der Waals surface area contributed by atoms with Gasteiger partial charge < -0.3 is 0 Å². The Morgan fingerprint density at radius 1 is 1.57 bits per heavy atom. The molecule has 0 aliphatic heterocycles. The molecule has 1 rings (SSSR count). The SMILES string of the molecule is CC(Cc1cccs1)N(C)S(C)(=O)=O. The molecule has 0 bridgehead atoms. The molecular formula is C9H15NO2S2. The van der Waals surface area contributed by atoms with Crippen molar-refractivity contribution in [1.29, 1.82) is 0 Å².